The summed E-state index contributed by atoms with van der Waals surface area (Å²) in [6.45, 7) is 11.9. The molecule has 0 aromatic heterocycles. The van der Waals surface area contributed by atoms with Crippen molar-refractivity contribution in [1.82, 2.24) is 10.2 Å². The van der Waals surface area contributed by atoms with Crippen LogP contribution in [0.4, 0.5) is 0 Å². The van der Waals surface area contributed by atoms with Gasteiger partial charge in [0.05, 0.1) is 0 Å². The van der Waals surface area contributed by atoms with Crippen molar-refractivity contribution < 1.29 is 0 Å². The Labute approximate surface area is 95.4 Å². The lowest BCUT2D eigenvalue weighted by molar-refractivity contribution is 0.248. The molecule has 1 heterocycles. The predicted octanol–water partition coefficient (Wildman–Crippen LogP) is 2.50. The number of hydrogen-bond acceptors (Lipinski definition) is 2. The Hall–Kier alpha value is -0.0800. The highest BCUT2D eigenvalue weighted by Crippen LogP contribution is 2.11. The zero-order valence-electron chi connectivity index (χ0n) is 10.8. The summed E-state index contributed by atoms with van der Waals surface area (Å²) in [7, 11) is 0. The molecule has 0 aliphatic carbocycles. The Morgan fingerprint density at radius 1 is 1.40 bits per heavy atom. The molecule has 1 atom stereocenters. The fourth-order valence-electron chi connectivity index (χ4n) is 2.46. The maximum Gasteiger partial charge on any atom is 0.00680 e. The van der Waals surface area contributed by atoms with Gasteiger partial charge in [0.1, 0.15) is 0 Å². The molecule has 1 aliphatic rings. The van der Waals surface area contributed by atoms with Crippen molar-refractivity contribution in [2.75, 3.05) is 26.2 Å². The van der Waals surface area contributed by atoms with Gasteiger partial charge in [-0.2, -0.15) is 0 Å². The largest absolute Gasteiger partial charge is 0.314 e. The van der Waals surface area contributed by atoms with E-state index in [2.05, 4.69) is 31.0 Å². The van der Waals surface area contributed by atoms with Crippen molar-refractivity contribution in [3.8, 4) is 0 Å². The number of hydrogen-bond donors (Lipinski definition) is 1. The summed E-state index contributed by atoms with van der Waals surface area (Å²) < 4.78 is 0. The second kappa shape index (κ2) is 7.24. The summed E-state index contributed by atoms with van der Waals surface area (Å²) in [5.74, 6) is 0.801. The van der Waals surface area contributed by atoms with Gasteiger partial charge in [0.2, 0.25) is 0 Å². The van der Waals surface area contributed by atoms with Gasteiger partial charge < -0.3 is 10.2 Å². The fourth-order valence-corrected chi connectivity index (χ4v) is 2.46. The highest BCUT2D eigenvalue weighted by Gasteiger charge is 2.13. The second-order valence-electron chi connectivity index (χ2n) is 5.22. The first kappa shape index (κ1) is 13.0. The van der Waals surface area contributed by atoms with Crippen molar-refractivity contribution in [2.45, 2.75) is 52.5 Å². The van der Waals surface area contributed by atoms with Gasteiger partial charge in [-0.15, -0.1) is 0 Å². The van der Waals surface area contributed by atoms with Crippen LogP contribution in [-0.2, 0) is 0 Å². The van der Waals surface area contributed by atoms with Crippen LogP contribution in [0.1, 0.15) is 46.5 Å². The Morgan fingerprint density at radius 2 is 2.20 bits per heavy atom. The topological polar surface area (TPSA) is 15.3 Å². The second-order valence-corrected chi connectivity index (χ2v) is 5.22. The normalized spacial score (nSPS) is 21.8. The smallest absolute Gasteiger partial charge is 0.00680 e. The lowest BCUT2D eigenvalue weighted by Gasteiger charge is -2.23. The number of rotatable bonds is 7. The van der Waals surface area contributed by atoms with Crippen LogP contribution in [0.5, 0.6) is 0 Å². The predicted molar refractivity (Wildman–Crippen MR) is 67.2 cm³/mol. The standard InChI is InChI=1S/C13H28N2/c1-4-15(11-12(2)3)10-6-8-13-7-5-9-14-13/h12-14H,4-11H2,1-3H3. The number of nitrogens with zero attached hydrogens (tertiary/aromatic N) is 1. The van der Waals surface area contributed by atoms with E-state index in [0.29, 0.717) is 0 Å². The van der Waals surface area contributed by atoms with Crippen molar-refractivity contribution in [3.63, 3.8) is 0 Å². The highest BCUT2D eigenvalue weighted by atomic mass is 15.1. The summed E-state index contributed by atoms with van der Waals surface area (Å²) in [5, 5.41) is 3.57. The van der Waals surface area contributed by atoms with Gasteiger partial charge in [-0.1, -0.05) is 20.8 Å². The van der Waals surface area contributed by atoms with Gasteiger partial charge in [0.25, 0.3) is 0 Å². The van der Waals surface area contributed by atoms with Crippen LogP contribution in [-0.4, -0.2) is 37.1 Å². The molecular formula is C13H28N2. The average molecular weight is 212 g/mol. The van der Waals surface area contributed by atoms with Crippen LogP contribution in [0.15, 0.2) is 0 Å². The van der Waals surface area contributed by atoms with E-state index in [1.807, 2.05) is 0 Å². The molecule has 0 aromatic rings. The van der Waals surface area contributed by atoms with Crippen molar-refractivity contribution in [2.24, 2.45) is 5.92 Å². The third kappa shape index (κ3) is 5.53. The number of nitrogens with one attached hydrogen (secondary N) is 1. The third-order valence-electron chi connectivity index (χ3n) is 3.26. The van der Waals surface area contributed by atoms with E-state index in [-0.39, 0.29) is 0 Å². The third-order valence-corrected chi connectivity index (χ3v) is 3.26. The van der Waals surface area contributed by atoms with Gasteiger partial charge in [0, 0.05) is 12.6 Å². The van der Waals surface area contributed by atoms with Crippen LogP contribution in [0.3, 0.4) is 0 Å². The molecule has 0 bridgehead atoms. The minimum Gasteiger partial charge on any atom is -0.314 e. The van der Waals surface area contributed by atoms with E-state index in [0.717, 1.165) is 12.0 Å². The molecule has 0 amide bonds. The molecule has 1 aliphatic heterocycles. The van der Waals surface area contributed by atoms with Crippen LogP contribution >= 0.6 is 0 Å². The summed E-state index contributed by atoms with van der Waals surface area (Å²) in [6.07, 6.45) is 5.51. The monoisotopic (exact) mass is 212 g/mol. The van der Waals surface area contributed by atoms with Crippen molar-refractivity contribution in [3.05, 3.63) is 0 Å². The molecular weight excluding hydrogens is 184 g/mol. The van der Waals surface area contributed by atoms with Crippen LogP contribution in [0.25, 0.3) is 0 Å². The molecule has 1 unspecified atom stereocenters. The quantitative estimate of drug-likeness (QED) is 0.697. The Bertz CT molecular complexity index is 151. The van der Waals surface area contributed by atoms with E-state index < -0.39 is 0 Å². The van der Waals surface area contributed by atoms with E-state index >= 15 is 0 Å². The first-order valence-electron chi connectivity index (χ1n) is 6.68. The summed E-state index contributed by atoms with van der Waals surface area (Å²) >= 11 is 0. The van der Waals surface area contributed by atoms with E-state index in [4.69, 9.17) is 0 Å². The molecule has 1 N–H and O–H groups in total. The molecule has 0 radical (unpaired) electrons. The Morgan fingerprint density at radius 3 is 2.73 bits per heavy atom. The Kier molecular flexibility index (Phi) is 6.26. The minimum atomic E-state index is 0.801. The maximum absolute atomic E-state index is 3.57. The average Bonchev–Trinajstić information content (AvgIpc) is 2.68. The molecule has 2 heteroatoms. The molecule has 0 spiro atoms. The van der Waals surface area contributed by atoms with Crippen LogP contribution < -0.4 is 5.32 Å². The molecule has 1 fully saturated rings. The highest BCUT2D eigenvalue weighted by molar-refractivity contribution is 4.74. The summed E-state index contributed by atoms with van der Waals surface area (Å²) in [5.41, 5.74) is 0. The molecule has 1 saturated heterocycles. The Balaban J connectivity index is 2.05. The first-order chi connectivity index (χ1) is 7.22. The van der Waals surface area contributed by atoms with Crippen LogP contribution in [0, 0.1) is 5.92 Å². The molecule has 0 saturated carbocycles. The molecule has 90 valence electrons. The fraction of sp³-hybridized carbons (Fsp3) is 1.00. The van der Waals surface area contributed by atoms with Gasteiger partial charge >= 0.3 is 0 Å². The van der Waals surface area contributed by atoms with E-state index in [9.17, 15) is 0 Å². The van der Waals surface area contributed by atoms with E-state index in [1.165, 1.54) is 51.9 Å². The van der Waals surface area contributed by atoms with E-state index in [1.54, 1.807) is 0 Å². The maximum atomic E-state index is 3.57. The first-order valence-corrected chi connectivity index (χ1v) is 6.68. The minimum absolute atomic E-state index is 0.801. The zero-order chi connectivity index (χ0) is 11.1. The summed E-state index contributed by atoms with van der Waals surface area (Å²) in [6, 6.07) is 0.822. The summed E-state index contributed by atoms with van der Waals surface area (Å²) in [4.78, 5) is 2.58. The zero-order valence-corrected chi connectivity index (χ0v) is 10.8. The molecule has 15 heavy (non-hydrogen) atoms. The van der Waals surface area contributed by atoms with Gasteiger partial charge in [0.15, 0.2) is 0 Å². The van der Waals surface area contributed by atoms with Gasteiger partial charge in [-0.3, -0.25) is 0 Å². The molecule has 0 aromatic carbocycles. The SMILES string of the molecule is CCN(CCCC1CCCN1)CC(C)C. The van der Waals surface area contributed by atoms with Crippen molar-refractivity contribution >= 4 is 0 Å². The molecule has 2 nitrogen and oxygen atoms in total. The van der Waals surface area contributed by atoms with Gasteiger partial charge in [-0.05, 0) is 51.2 Å². The lowest BCUT2D eigenvalue weighted by Crippen LogP contribution is -2.30. The molecule has 1 rings (SSSR count). The van der Waals surface area contributed by atoms with Crippen LogP contribution in [0.2, 0.25) is 0 Å². The van der Waals surface area contributed by atoms with Gasteiger partial charge in [-0.25, -0.2) is 0 Å². The van der Waals surface area contributed by atoms with Crippen molar-refractivity contribution in [1.29, 1.82) is 0 Å². The lowest BCUT2D eigenvalue weighted by atomic mass is 10.1.